The quantitative estimate of drug-likeness (QED) is 0.859. The third-order valence-corrected chi connectivity index (χ3v) is 5.75. The first-order valence-electron chi connectivity index (χ1n) is 6.78. The van der Waals surface area contributed by atoms with Gasteiger partial charge < -0.3 is 10.2 Å². The van der Waals surface area contributed by atoms with Crippen LogP contribution in [0.3, 0.4) is 0 Å². The highest BCUT2D eigenvalue weighted by atomic mass is 79.9. The fourth-order valence-corrected chi connectivity index (χ4v) is 4.03. The first-order valence-corrected chi connectivity index (χ1v) is 9.39. The van der Waals surface area contributed by atoms with E-state index in [1.165, 1.54) is 0 Å². The van der Waals surface area contributed by atoms with Crippen molar-refractivity contribution in [1.82, 2.24) is 10.2 Å². The van der Waals surface area contributed by atoms with Gasteiger partial charge >= 0.3 is 0 Å². The molecule has 7 heteroatoms. The van der Waals surface area contributed by atoms with E-state index in [9.17, 15) is 13.2 Å². The van der Waals surface area contributed by atoms with Crippen LogP contribution in [0.2, 0.25) is 0 Å². The Hall–Kier alpha value is -0.920. The lowest BCUT2D eigenvalue weighted by atomic mass is 10.2. The van der Waals surface area contributed by atoms with Crippen LogP contribution in [0.5, 0.6) is 0 Å². The summed E-state index contributed by atoms with van der Waals surface area (Å²) in [6.07, 6.45) is 0.215. The molecule has 0 saturated carbocycles. The predicted molar refractivity (Wildman–Crippen MR) is 85.7 cm³/mol. The minimum absolute atomic E-state index is 0.0465. The molecule has 1 fully saturated rings. The highest BCUT2D eigenvalue weighted by Gasteiger charge is 2.26. The molecule has 0 spiro atoms. The molecule has 1 aromatic rings. The summed E-state index contributed by atoms with van der Waals surface area (Å²) >= 11 is 3.37. The summed E-state index contributed by atoms with van der Waals surface area (Å²) in [7, 11) is -1.27. The Labute approximate surface area is 133 Å². The molecule has 116 valence electrons. The van der Waals surface area contributed by atoms with Gasteiger partial charge in [-0.25, -0.2) is 8.42 Å². The van der Waals surface area contributed by atoms with Gasteiger partial charge in [0.1, 0.15) is 0 Å². The molecule has 1 aliphatic rings. The van der Waals surface area contributed by atoms with Crippen LogP contribution in [0.15, 0.2) is 28.7 Å². The van der Waals surface area contributed by atoms with Crippen molar-refractivity contribution in [1.29, 1.82) is 0 Å². The summed E-state index contributed by atoms with van der Waals surface area (Å²) in [6, 6.07) is 7.50. The average Bonchev–Trinajstić information content (AvgIpc) is 2.40. The first kappa shape index (κ1) is 16.5. The van der Waals surface area contributed by atoms with E-state index in [1.54, 1.807) is 11.9 Å². The van der Waals surface area contributed by atoms with E-state index in [-0.39, 0.29) is 29.9 Å². The van der Waals surface area contributed by atoms with Crippen molar-refractivity contribution >= 4 is 31.7 Å². The van der Waals surface area contributed by atoms with Crippen molar-refractivity contribution in [2.75, 3.05) is 25.1 Å². The number of rotatable bonds is 4. The number of carbonyl (C=O) groups is 1. The van der Waals surface area contributed by atoms with Gasteiger partial charge in [-0.2, -0.15) is 0 Å². The van der Waals surface area contributed by atoms with Gasteiger partial charge in [-0.1, -0.05) is 28.1 Å². The van der Waals surface area contributed by atoms with Gasteiger partial charge in [0.2, 0.25) is 5.91 Å². The smallest absolute Gasteiger partial charge is 0.224 e. The van der Waals surface area contributed by atoms with Gasteiger partial charge in [0.25, 0.3) is 0 Å². The Morgan fingerprint density at radius 3 is 2.67 bits per heavy atom. The maximum atomic E-state index is 12.2. The third-order valence-electron chi connectivity index (χ3n) is 3.48. The van der Waals surface area contributed by atoms with Crippen molar-refractivity contribution in [3.8, 4) is 0 Å². The molecule has 1 heterocycles. The van der Waals surface area contributed by atoms with Gasteiger partial charge in [-0.05, 0) is 17.7 Å². The Bertz CT molecular complexity index is 601. The van der Waals surface area contributed by atoms with Crippen LogP contribution in [-0.4, -0.2) is 50.4 Å². The summed E-state index contributed by atoms with van der Waals surface area (Å²) < 4.78 is 24.1. The van der Waals surface area contributed by atoms with E-state index in [1.807, 2.05) is 24.3 Å². The molecule has 1 amide bonds. The first-order chi connectivity index (χ1) is 9.85. The molecule has 1 N–H and O–H groups in total. The Balaban J connectivity index is 1.89. The van der Waals surface area contributed by atoms with E-state index in [4.69, 9.17) is 0 Å². The van der Waals surface area contributed by atoms with Gasteiger partial charge in [0.15, 0.2) is 9.84 Å². The lowest BCUT2D eigenvalue weighted by Crippen LogP contribution is -2.47. The summed E-state index contributed by atoms with van der Waals surface area (Å²) in [5.41, 5.74) is 1.04. The molecule has 0 bridgehead atoms. The minimum Gasteiger partial charge on any atom is -0.341 e. The van der Waals surface area contributed by atoms with E-state index in [0.717, 1.165) is 10.0 Å². The van der Waals surface area contributed by atoms with Crippen LogP contribution < -0.4 is 5.32 Å². The molecule has 1 aliphatic heterocycles. The molecule has 0 aliphatic carbocycles. The number of nitrogens with zero attached hydrogens (tertiary/aromatic N) is 1. The molecule has 1 atom stereocenters. The second-order valence-corrected chi connectivity index (χ2v) is 8.49. The minimum atomic E-state index is -3.01. The van der Waals surface area contributed by atoms with Gasteiger partial charge in [-0.3, -0.25) is 4.79 Å². The van der Waals surface area contributed by atoms with Crippen molar-refractivity contribution in [2.45, 2.75) is 19.0 Å². The Kier molecular flexibility index (Phi) is 5.40. The Morgan fingerprint density at radius 2 is 2.05 bits per heavy atom. The fraction of sp³-hybridized carbons (Fsp3) is 0.500. The predicted octanol–water partition coefficient (Wildman–Crippen LogP) is 1.18. The van der Waals surface area contributed by atoms with Crippen LogP contribution in [0.25, 0.3) is 0 Å². The third kappa shape index (κ3) is 5.09. The van der Waals surface area contributed by atoms with Crippen LogP contribution in [0.1, 0.15) is 12.0 Å². The highest BCUT2D eigenvalue weighted by Crippen LogP contribution is 2.13. The van der Waals surface area contributed by atoms with Crippen molar-refractivity contribution < 1.29 is 13.2 Å². The molecule has 1 saturated heterocycles. The highest BCUT2D eigenvalue weighted by molar-refractivity contribution is 9.10. The van der Waals surface area contributed by atoms with Gasteiger partial charge in [0, 0.05) is 37.1 Å². The monoisotopic (exact) mass is 374 g/mol. The van der Waals surface area contributed by atoms with Crippen molar-refractivity contribution in [3.63, 3.8) is 0 Å². The number of sulfone groups is 1. The lowest BCUT2D eigenvalue weighted by molar-refractivity contribution is -0.130. The largest absolute Gasteiger partial charge is 0.341 e. The SMILES string of the molecule is CN(Cc1ccc(Br)cc1)C(=O)CC1CS(=O)(=O)CCN1. The maximum Gasteiger partial charge on any atom is 0.224 e. The van der Waals surface area contributed by atoms with E-state index in [0.29, 0.717) is 13.1 Å². The van der Waals surface area contributed by atoms with Crippen molar-refractivity contribution in [3.05, 3.63) is 34.3 Å². The Morgan fingerprint density at radius 1 is 1.38 bits per heavy atom. The molecular weight excluding hydrogens is 356 g/mol. The molecule has 1 aromatic carbocycles. The molecule has 0 radical (unpaired) electrons. The van der Waals surface area contributed by atoms with E-state index in [2.05, 4.69) is 21.2 Å². The summed E-state index contributed by atoms with van der Waals surface area (Å²) in [5.74, 6) is 0.157. The molecule has 1 unspecified atom stereocenters. The summed E-state index contributed by atoms with van der Waals surface area (Å²) in [6.45, 7) is 0.947. The molecule has 2 rings (SSSR count). The van der Waals surface area contributed by atoms with Crippen LogP contribution in [0.4, 0.5) is 0 Å². The second kappa shape index (κ2) is 6.89. The van der Waals surface area contributed by atoms with E-state index >= 15 is 0 Å². The molecule has 5 nitrogen and oxygen atoms in total. The maximum absolute atomic E-state index is 12.2. The zero-order chi connectivity index (χ0) is 15.5. The van der Waals surface area contributed by atoms with Crippen LogP contribution in [0, 0.1) is 0 Å². The standard InChI is InChI=1S/C14H19BrN2O3S/c1-17(9-11-2-4-12(15)5-3-11)14(18)8-13-10-21(19,20)7-6-16-13/h2-5,13,16H,6-10H2,1H3. The summed E-state index contributed by atoms with van der Waals surface area (Å²) in [5, 5.41) is 3.10. The van der Waals surface area contributed by atoms with Gasteiger partial charge in [0.05, 0.1) is 11.5 Å². The van der Waals surface area contributed by atoms with Crippen molar-refractivity contribution in [2.24, 2.45) is 0 Å². The molecule has 0 aromatic heterocycles. The van der Waals surface area contributed by atoms with Crippen LogP contribution in [-0.2, 0) is 21.2 Å². The number of carbonyl (C=O) groups excluding carboxylic acids is 1. The summed E-state index contributed by atoms with van der Waals surface area (Å²) in [4.78, 5) is 13.8. The number of amides is 1. The number of halogens is 1. The zero-order valence-electron chi connectivity index (χ0n) is 11.9. The number of hydrogen-bond donors (Lipinski definition) is 1. The van der Waals surface area contributed by atoms with E-state index < -0.39 is 9.84 Å². The van der Waals surface area contributed by atoms with Gasteiger partial charge in [-0.15, -0.1) is 0 Å². The van der Waals surface area contributed by atoms with Crippen LogP contribution >= 0.6 is 15.9 Å². The fourth-order valence-electron chi connectivity index (χ4n) is 2.32. The number of nitrogens with one attached hydrogen (secondary N) is 1. The molecule has 21 heavy (non-hydrogen) atoms. The molecular formula is C14H19BrN2O3S. The number of hydrogen-bond acceptors (Lipinski definition) is 4. The number of benzene rings is 1. The zero-order valence-corrected chi connectivity index (χ0v) is 14.3. The topological polar surface area (TPSA) is 66.5 Å². The second-order valence-electron chi connectivity index (χ2n) is 5.35. The lowest BCUT2D eigenvalue weighted by Gasteiger charge is -2.25. The average molecular weight is 375 g/mol. The normalized spacial score (nSPS) is 21.0.